The molecule has 1 amide bonds. The Labute approximate surface area is 171 Å². The van der Waals surface area contributed by atoms with Gasteiger partial charge in [-0.1, -0.05) is 42.2 Å². The van der Waals surface area contributed by atoms with Gasteiger partial charge in [0.05, 0.1) is 5.41 Å². The zero-order valence-corrected chi connectivity index (χ0v) is 18.1. The number of nitrogens with zero attached hydrogens (tertiary/aromatic N) is 1. The fourth-order valence-corrected chi connectivity index (χ4v) is 4.79. The summed E-state index contributed by atoms with van der Waals surface area (Å²) in [6.45, 7) is 11.2. The number of hydrogen-bond acceptors (Lipinski definition) is 3. The zero-order valence-electron chi connectivity index (χ0n) is 18.1. The van der Waals surface area contributed by atoms with Crippen LogP contribution in [0.3, 0.4) is 0 Å². The van der Waals surface area contributed by atoms with Crippen molar-refractivity contribution in [2.45, 2.75) is 77.2 Å². The molecule has 28 heavy (non-hydrogen) atoms. The lowest BCUT2D eigenvalue weighted by Crippen LogP contribution is -2.51. The van der Waals surface area contributed by atoms with Gasteiger partial charge in [0.15, 0.2) is 0 Å². The molecule has 2 saturated heterocycles. The van der Waals surface area contributed by atoms with E-state index in [2.05, 4.69) is 49.2 Å². The van der Waals surface area contributed by atoms with Crippen molar-refractivity contribution in [2.75, 3.05) is 32.8 Å². The lowest BCUT2D eigenvalue weighted by atomic mass is 9.72. The predicted molar refractivity (Wildman–Crippen MR) is 115 cm³/mol. The Morgan fingerprint density at radius 3 is 2.29 bits per heavy atom. The van der Waals surface area contributed by atoms with Crippen molar-refractivity contribution >= 4 is 5.91 Å². The van der Waals surface area contributed by atoms with E-state index in [1.54, 1.807) is 0 Å². The topological polar surface area (TPSA) is 41.6 Å². The first-order valence-electron chi connectivity index (χ1n) is 11.2. The van der Waals surface area contributed by atoms with E-state index in [0.29, 0.717) is 13.2 Å². The van der Waals surface area contributed by atoms with Crippen LogP contribution in [0.25, 0.3) is 0 Å². The summed E-state index contributed by atoms with van der Waals surface area (Å²) < 4.78 is 5.61. The van der Waals surface area contributed by atoms with E-state index in [4.69, 9.17) is 4.74 Å². The number of carbonyl (C=O) groups is 1. The quantitative estimate of drug-likeness (QED) is 0.799. The first-order chi connectivity index (χ1) is 13.5. The molecular formula is C24H38N2O2. The van der Waals surface area contributed by atoms with Gasteiger partial charge in [-0.25, -0.2) is 0 Å². The molecule has 1 unspecified atom stereocenters. The molecule has 0 saturated carbocycles. The normalized spacial score (nSPS) is 21.7. The zero-order chi connectivity index (χ0) is 20.0. The molecule has 1 aromatic carbocycles. The second-order valence-corrected chi connectivity index (χ2v) is 8.99. The summed E-state index contributed by atoms with van der Waals surface area (Å²) in [5.41, 5.74) is 3.16. The second kappa shape index (κ2) is 9.89. The van der Waals surface area contributed by atoms with E-state index in [1.807, 2.05) is 0 Å². The van der Waals surface area contributed by atoms with Crippen LogP contribution in [0.4, 0.5) is 0 Å². The molecule has 0 aliphatic carbocycles. The first kappa shape index (κ1) is 21.3. The first-order valence-corrected chi connectivity index (χ1v) is 11.2. The van der Waals surface area contributed by atoms with E-state index in [9.17, 15) is 4.79 Å². The molecule has 0 radical (unpaired) electrons. The van der Waals surface area contributed by atoms with Gasteiger partial charge in [-0.05, 0) is 71.5 Å². The third-order valence-corrected chi connectivity index (χ3v) is 6.51. The standard InChI is InChI=1S/C24H38N2O2/c1-19-16-20(2)18-22(17-19)24(9-14-28-15-10-24)23(27)25-21(3)8-13-26-11-6-4-5-7-12-26/h16-18,21H,4-15H2,1-3H3,(H,25,27). The van der Waals surface area contributed by atoms with Gasteiger partial charge in [0.25, 0.3) is 0 Å². The van der Waals surface area contributed by atoms with Crippen molar-refractivity contribution in [2.24, 2.45) is 0 Å². The number of benzene rings is 1. The van der Waals surface area contributed by atoms with Crippen LogP contribution in [0.5, 0.6) is 0 Å². The summed E-state index contributed by atoms with van der Waals surface area (Å²) in [4.78, 5) is 16.1. The molecular weight excluding hydrogens is 348 g/mol. The molecule has 2 aliphatic rings. The molecule has 1 aromatic rings. The molecule has 4 nitrogen and oxygen atoms in total. The average molecular weight is 387 g/mol. The number of carbonyl (C=O) groups excluding carboxylic acids is 1. The van der Waals surface area contributed by atoms with Crippen LogP contribution in [0, 0.1) is 13.8 Å². The Kier molecular flexibility index (Phi) is 7.53. The van der Waals surface area contributed by atoms with Crippen molar-refractivity contribution < 1.29 is 9.53 Å². The SMILES string of the molecule is Cc1cc(C)cc(C2(C(=O)NC(C)CCN3CCCCCC3)CCOCC2)c1. The van der Waals surface area contributed by atoms with E-state index in [1.165, 1.54) is 49.9 Å². The van der Waals surface area contributed by atoms with Crippen molar-refractivity contribution in [3.05, 3.63) is 34.9 Å². The lowest BCUT2D eigenvalue weighted by Gasteiger charge is -2.37. The van der Waals surface area contributed by atoms with Crippen LogP contribution < -0.4 is 5.32 Å². The largest absolute Gasteiger partial charge is 0.381 e. The Morgan fingerprint density at radius 2 is 1.68 bits per heavy atom. The highest BCUT2D eigenvalue weighted by atomic mass is 16.5. The van der Waals surface area contributed by atoms with Crippen LogP contribution in [-0.4, -0.2) is 49.7 Å². The van der Waals surface area contributed by atoms with Crippen LogP contribution >= 0.6 is 0 Å². The van der Waals surface area contributed by atoms with Gasteiger partial charge in [-0.3, -0.25) is 4.79 Å². The Morgan fingerprint density at radius 1 is 1.07 bits per heavy atom. The van der Waals surface area contributed by atoms with Gasteiger partial charge in [0.2, 0.25) is 5.91 Å². The van der Waals surface area contributed by atoms with Gasteiger partial charge in [0.1, 0.15) is 0 Å². The number of amides is 1. The summed E-state index contributed by atoms with van der Waals surface area (Å²) in [6.07, 6.45) is 7.91. The van der Waals surface area contributed by atoms with Gasteiger partial charge < -0.3 is 15.0 Å². The van der Waals surface area contributed by atoms with Crippen LogP contribution in [0.2, 0.25) is 0 Å². The average Bonchev–Trinajstić information content (AvgIpc) is 2.95. The highest BCUT2D eigenvalue weighted by molar-refractivity contribution is 5.88. The summed E-state index contributed by atoms with van der Waals surface area (Å²) in [5, 5.41) is 3.36. The van der Waals surface area contributed by atoms with Gasteiger partial charge in [-0.2, -0.15) is 0 Å². The van der Waals surface area contributed by atoms with Crippen molar-refractivity contribution in [1.29, 1.82) is 0 Å². The van der Waals surface area contributed by atoms with Crippen molar-refractivity contribution in [1.82, 2.24) is 10.2 Å². The van der Waals surface area contributed by atoms with E-state index >= 15 is 0 Å². The molecule has 2 heterocycles. The summed E-state index contributed by atoms with van der Waals surface area (Å²) >= 11 is 0. The van der Waals surface area contributed by atoms with Crippen LogP contribution in [0.15, 0.2) is 18.2 Å². The maximum atomic E-state index is 13.5. The van der Waals surface area contributed by atoms with Gasteiger partial charge in [0, 0.05) is 25.8 Å². The number of likely N-dealkylation sites (tertiary alicyclic amines) is 1. The number of aryl methyl sites for hydroxylation is 2. The Hall–Kier alpha value is -1.39. The molecule has 156 valence electrons. The number of hydrogen-bond donors (Lipinski definition) is 1. The fraction of sp³-hybridized carbons (Fsp3) is 0.708. The molecule has 0 aromatic heterocycles. The molecule has 0 bridgehead atoms. The number of ether oxygens (including phenoxy) is 1. The fourth-order valence-electron chi connectivity index (χ4n) is 4.79. The molecule has 4 heteroatoms. The molecule has 0 spiro atoms. The van der Waals surface area contributed by atoms with E-state index < -0.39 is 5.41 Å². The number of rotatable bonds is 6. The molecule has 2 aliphatic heterocycles. The predicted octanol–water partition coefficient (Wildman–Crippen LogP) is 4.12. The minimum atomic E-state index is -0.452. The third kappa shape index (κ3) is 5.36. The smallest absolute Gasteiger partial charge is 0.231 e. The summed E-state index contributed by atoms with van der Waals surface area (Å²) in [5.74, 6) is 0.184. The molecule has 3 rings (SSSR count). The molecule has 1 atom stereocenters. The third-order valence-electron chi connectivity index (χ3n) is 6.51. The van der Waals surface area contributed by atoms with Gasteiger partial charge >= 0.3 is 0 Å². The highest BCUT2D eigenvalue weighted by Crippen LogP contribution is 2.36. The van der Waals surface area contributed by atoms with Gasteiger partial charge in [-0.15, -0.1) is 0 Å². The minimum absolute atomic E-state index is 0.184. The van der Waals surface area contributed by atoms with E-state index in [0.717, 1.165) is 31.4 Å². The molecule has 1 N–H and O–H groups in total. The molecule has 2 fully saturated rings. The van der Waals surface area contributed by atoms with E-state index in [-0.39, 0.29) is 11.9 Å². The lowest BCUT2D eigenvalue weighted by molar-refractivity contribution is -0.131. The van der Waals surface area contributed by atoms with Crippen LogP contribution in [0.1, 0.15) is 68.6 Å². The minimum Gasteiger partial charge on any atom is -0.381 e. The Balaban J connectivity index is 1.66. The summed E-state index contributed by atoms with van der Waals surface area (Å²) in [7, 11) is 0. The van der Waals surface area contributed by atoms with Crippen molar-refractivity contribution in [3.8, 4) is 0 Å². The van der Waals surface area contributed by atoms with Crippen LogP contribution in [-0.2, 0) is 14.9 Å². The maximum Gasteiger partial charge on any atom is 0.231 e. The monoisotopic (exact) mass is 386 g/mol. The second-order valence-electron chi connectivity index (χ2n) is 8.99. The van der Waals surface area contributed by atoms with Crippen molar-refractivity contribution in [3.63, 3.8) is 0 Å². The Bertz CT molecular complexity index is 624. The maximum absolute atomic E-state index is 13.5. The summed E-state index contributed by atoms with van der Waals surface area (Å²) in [6, 6.07) is 6.76. The highest BCUT2D eigenvalue weighted by Gasteiger charge is 2.42. The number of nitrogens with one attached hydrogen (secondary N) is 1.